The van der Waals surface area contributed by atoms with E-state index in [1.165, 1.54) is 6.92 Å². The van der Waals surface area contributed by atoms with Crippen LogP contribution in [0.2, 0.25) is 0 Å². The minimum Gasteiger partial charge on any atom is -0.462 e. The van der Waals surface area contributed by atoms with E-state index in [4.69, 9.17) is 8.92 Å². The standard InChI is InChI=1S/C13H16O5S/c1-11(2)13(14)17-9-6-10-19(15,16)18-12-7-4-3-5-8-12/h3-5,7-8H,1,6,9-10H2,2H3. The van der Waals surface area contributed by atoms with E-state index < -0.39 is 16.1 Å². The molecule has 0 aliphatic heterocycles. The summed E-state index contributed by atoms with van der Waals surface area (Å²) in [4.78, 5) is 11.1. The second-order valence-corrected chi connectivity index (χ2v) is 5.62. The van der Waals surface area contributed by atoms with Crippen molar-refractivity contribution < 1.29 is 22.1 Å². The summed E-state index contributed by atoms with van der Waals surface area (Å²) in [6.45, 7) is 4.96. The van der Waals surface area contributed by atoms with Crippen molar-refractivity contribution in [3.8, 4) is 5.75 Å². The van der Waals surface area contributed by atoms with Crippen LogP contribution in [-0.2, 0) is 19.6 Å². The average Bonchev–Trinajstić information content (AvgIpc) is 2.35. The molecule has 0 atom stereocenters. The molecule has 5 nitrogen and oxygen atoms in total. The normalized spacial score (nSPS) is 10.8. The van der Waals surface area contributed by atoms with Gasteiger partial charge in [-0.15, -0.1) is 0 Å². The largest absolute Gasteiger partial charge is 0.462 e. The zero-order valence-corrected chi connectivity index (χ0v) is 11.5. The first-order valence-corrected chi connectivity index (χ1v) is 7.28. The molecule has 1 rings (SSSR count). The van der Waals surface area contributed by atoms with E-state index in [9.17, 15) is 13.2 Å². The van der Waals surface area contributed by atoms with Crippen LogP contribution >= 0.6 is 0 Å². The maximum atomic E-state index is 11.6. The van der Waals surface area contributed by atoms with Gasteiger partial charge in [-0.25, -0.2) is 4.79 Å². The number of carbonyl (C=O) groups is 1. The summed E-state index contributed by atoms with van der Waals surface area (Å²) in [7, 11) is -3.67. The summed E-state index contributed by atoms with van der Waals surface area (Å²) in [6, 6.07) is 8.23. The summed E-state index contributed by atoms with van der Waals surface area (Å²) in [5, 5.41) is 0. The fraction of sp³-hybridized carbons (Fsp3) is 0.308. The molecule has 19 heavy (non-hydrogen) atoms. The summed E-state index contributed by atoms with van der Waals surface area (Å²) in [5.41, 5.74) is 0.281. The van der Waals surface area contributed by atoms with Gasteiger partial charge >= 0.3 is 16.1 Å². The predicted molar refractivity (Wildman–Crippen MR) is 71.2 cm³/mol. The van der Waals surface area contributed by atoms with E-state index in [2.05, 4.69) is 6.58 Å². The lowest BCUT2D eigenvalue weighted by atomic mass is 10.3. The molecule has 0 N–H and O–H groups in total. The summed E-state index contributed by atoms with van der Waals surface area (Å²) < 4.78 is 32.9. The highest BCUT2D eigenvalue weighted by atomic mass is 32.2. The molecule has 0 heterocycles. The Hall–Kier alpha value is -1.82. The maximum absolute atomic E-state index is 11.6. The minimum absolute atomic E-state index is 0.0169. The molecule has 6 heteroatoms. The lowest BCUT2D eigenvalue weighted by Gasteiger charge is -2.07. The SMILES string of the molecule is C=C(C)C(=O)OCCCS(=O)(=O)Oc1ccccc1. The Morgan fingerprint density at radius 1 is 1.26 bits per heavy atom. The Bertz CT molecular complexity index is 533. The van der Waals surface area contributed by atoms with Gasteiger partial charge in [0.05, 0.1) is 12.4 Å². The Morgan fingerprint density at radius 3 is 2.47 bits per heavy atom. The van der Waals surface area contributed by atoms with Gasteiger partial charge in [-0.1, -0.05) is 24.8 Å². The van der Waals surface area contributed by atoms with Crippen molar-refractivity contribution >= 4 is 16.1 Å². The van der Waals surface area contributed by atoms with Gasteiger partial charge in [-0.05, 0) is 25.5 Å². The van der Waals surface area contributed by atoms with E-state index in [0.29, 0.717) is 0 Å². The first-order valence-electron chi connectivity index (χ1n) is 5.70. The number of carbonyl (C=O) groups excluding carboxylic acids is 1. The van der Waals surface area contributed by atoms with Gasteiger partial charge in [-0.3, -0.25) is 0 Å². The molecule has 1 aromatic carbocycles. The number of hydrogen-bond acceptors (Lipinski definition) is 5. The Kier molecular flexibility index (Phi) is 5.57. The summed E-state index contributed by atoms with van der Waals surface area (Å²) >= 11 is 0. The smallest absolute Gasteiger partial charge is 0.333 e. The Labute approximate surface area is 113 Å². The van der Waals surface area contributed by atoms with E-state index in [1.54, 1.807) is 30.3 Å². The summed E-state index contributed by atoms with van der Waals surface area (Å²) in [5.74, 6) is -0.478. The van der Waals surface area contributed by atoms with Crippen molar-refractivity contribution in [2.45, 2.75) is 13.3 Å². The van der Waals surface area contributed by atoms with E-state index in [0.717, 1.165) is 0 Å². The number of hydrogen-bond donors (Lipinski definition) is 0. The fourth-order valence-electron chi connectivity index (χ4n) is 1.19. The zero-order chi connectivity index (χ0) is 14.3. The van der Waals surface area contributed by atoms with Gasteiger partial charge in [0.25, 0.3) is 0 Å². The van der Waals surface area contributed by atoms with Crippen molar-refractivity contribution in [3.05, 3.63) is 42.5 Å². The molecule has 0 saturated carbocycles. The quantitative estimate of drug-likeness (QED) is 0.331. The third-order valence-electron chi connectivity index (χ3n) is 2.09. The molecule has 0 fully saturated rings. The van der Waals surface area contributed by atoms with Crippen molar-refractivity contribution in [1.29, 1.82) is 0 Å². The molecule has 0 aromatic heterocycles. The fourth-order valence-corrected chi connectivity index (χ4v) is 2.15. The molecule has 0 aliphatic carbocycles. The minimum atomic E-state index is -3.67. The third kappa shape index (κ3) is 6.05. The molecule has 0 saturated heterocycles. The number of para-hydroxylation sites is 1. The predicted octanol–water partition coefficient (Wildman–Crippen LogP) is 1.90. The molecule has 0 amide bonds. The second kappa shape index (κ2) is 6.94. The zero-order valence-electron chi connectivity index (χ0n) is 10.7. The van der Waals surface area contributed by atoms with Crippen LogP contribution < -0.4 is 4.18 Å². The van der Waals surface area contributed by atoms with Crippen molar-refractivity contribution in [3.63, 3.8) is 0 Å². The van der Waals surface area contributed by atoms with Crippen LogP contribution in [0.3, 0.4) is 0 Å². The van der Waals surface area contributed by atoms with Gasteiger partial charge in [-0.2, -0.15) is 8.42 Å². The van der Waals surface area contributed by atoms with Crippen LogP contribution in [0.1, 0.15) is 13.3 Å². The van der Waals surface area contributed by atoms with Gasteiger partial charge in [0.1, 0.15) is 5.75 Å². The first-order chi connectivity index (χ1) is 8.91. The van der Waals surface area contributed by atoms with Gasteiger partial charge in [0.2, 0.25) is 0 Å². The second-order valence-electron chi connectivity index (χ2n) is 3.93. The van der Waals surface area contributed by atoms with Crippen LogP contribution in [0.15, 0.2) is 42.5 Å². The number of benzene rings is 1. The summed E-state index contributed by atoms with van der Waals surface area (Å²) in [6.07, 6.45) is 0.175. The van der Waals surface area contributed by atoms with Crippen molar-refractivity contribution in [2.24, 2.45) is 0 Å². The molecule has 1 aromatic rings. The highest BCUT2D eigenvalue weighted by Crippen LogP contribution is 2.12. The lowest BCUT2D eigenvalue weighted by Crippen LogP contribution is -2.16. The van der Waals surface area contributed by atoms with Gasteiger partial charge in [0.15, 0.2) is 0 Å². The number of esters is 1. The van der Waals surface area contributed by atoms with Crippen LogP contribution in [0, 0.1) is 0 Å². The Balaban J connectivity index is 2.36. The number of ether oxygens (including phenoxy) is 1. The highest BCUT2D eigenvalue weighted by molar-refractivity contribution is 7.87. The molecule has 104 valence electrons. The molecule has 0 bridgehead atoms. The maximum Gasteiger partial charge on any atom is 0.333 e. The third-order valence-corrected chi connectivity index (χ3v) is 3.32. The Morgan fingerprint density at radius 2 is 1.89 bits per heavy atom. The highest BCUT2D eigenvalue weighted by Gasteiger charge is 2.13. The molecule has 0 unspecified atom stereocenters. The van der Waals surface area contributed by atoms with E-state index in [1.807, 2.05) is 0 Å². The molecule has 0 radical (unpaired) electrons. The van der Waals surface area contributed by atoms with Crippen LogP contribution in [-0.4, -0.2) is 26.7 Å². The van der Waals surface area contributed by atoms with Crippen LogP contribution in [0.25, 0.3) is 0 Å². The average molecular weight is 284 g/mol. The van der Waals surface area contributed by atoms with Gasteiger partial charge < -0.3 is 8.92 Å². The number of rotatable bonds is 7. The molecule has 0 spiro atoms. The van der Waals surface area contributed by atoms with Crippen LogP contribution in [0.4, 0.5) is 0 Å². The first kappa shape index (κ1) is 15.2. The van der Waals surface area contributed by atoms with Crippen molar-refractivity contribution in [1.82, 2.24) is 0 Å². The molecule has 0 aliphatic rings. The van der Waals surface area contributed by atoms with Crippen LogP contribution in [0.5, 0.6) is 5.75 Å². The van der Waals surface area contributed by atoms with Gasteiger partial charge in [0, 0.05) is 5.57 Å². The topological polar surface area (TPSA) is 69.7 Å². The van der Waals surface area contributed by atoms with E-state index in [-0.39, 0.29) is 30.1 Å². The molecular weight excluding hydrogens is 268 g/mol. The molecular formula is C13H16O5S. The monoisotopic (exact) mass is 284 g/mol. The van der Waals surface area contributed by atoms with Crippen molar-refractivity contribution in [2.75, 3.05) is 12.4 Å². The van der Waals surface area contributed by atoms with E-state index >= 15 is 0 Å². The lowest BCUT2D eigenvalue weighted by molar-refractivity contribution is -0.138.